The maximum Gasteiger partial charge on any atom is 0.0577 e. The van der Waals surface area contributed by atoms with Gasteiger partial charge in [-0.1, -0.05) is 0 Å². The number of hydrogen-bond donors (Lipinski definition) is 1. The zero-order valence-corrected chi connectivity index (χ0v) is 10.8. The van der Waals surface area contributed by atoms with Gasteiger partial charge in [0, 0.05) is 13.2 Å². The number of rotatable bonds is 6. The molecule has 0 amide bonds. The highest BCUT2D eigenvalue weighted by atomic mass is 16.5. The Morgan fingerprint density at radius 2 is 1.47 bits per heavy atom. The zero-order valence-electron chi connectivity index (χ0n) is 10.8. The van der Waals surface area contributed by atoms with E-state index < -0.39 is 0 Å². The highest BCUT2D eigenvalue weighted by molar-refractivity contribution is 4.70. The Balaban J connectivity index is 1.52. The average Bonchev–Trinajstić information content (AvgIpc) is 2.88. The van der Waals surface area contributed by atoms with E-state index in [-0.39, 0.29) is 6.10 Å². The molecule has 2 saturated heterocycles. The Morgan fingerprint density at radius 1 is 0.882 bits per heavy atom. The molecule has 2 fully saturated rings. The predicted molar refractivity (Wildman–Crippen MR) is 67.0 cm³/mol. The summed E-state index contributed by atoms with van der Waals surface area (Å²) in [4.78, 5) is 0. The molecule has 0 aromatic rings. The zero-order chi connectivity index (χ0) is 11.9. The van der Waals surface area contributed by atoms with E-state index in [1.54, 1.807) is 0 Å². The van der Waals surface area contributed by atoms with Crippen molar-refractivity contribution in [3.8, 4) is 0 Å². The second kappa shape index (κ2) is 7.34. The van der Waals surface area contributed by atoms with Crippen LogP contribution in [0.25, 0.3) is 0 Å². The van der Waals surface area contributed by atoms with E-state index in [0.717, 1.165) is 38.9 Å². The molecular weight excluding hydrogens is 216 g/mol. The van der Waals surface area contributed by atoms with Crippen molar-refractivity contribution in [1.29, 1.82) is 0 Å². The van der Waals surface area contributed by atoms with Gasteiger partial charge >= 0.3 is 0 Å². The summed E-state index contributed by atoms with van der Waals surface area (Å²) in [6, 6.07) is 0. The van der Waals surface area contributed by atoms with Crippen molar-refractivity contribution in [2.24, 2.45) is 0 Å². The maximum atomic E-state index is 9.93. The van der Waals surface area contributed by atoms with Crippen molar-refractivity contribution in [1.82, 2.24) is 0 Å². The molecule has 1 N–H and O–H groups in total. The van der Waals surface area contributed by atoms with Crippen LogP contribution in [0.4, 0.5) is 0 Å². The lowest BCUT2D eigenvalue weighted by Crippen LogP contribution is -2.21. The van der Waals surface area contributed by atoms with Gasteiger partial charge in [0.1, 0.15) is 0 Å². The van der Waals surface area contributed by atoms with Crippen LogP contribution in [0.3, 0.4) is 0 Å². The van der Waals surface area contributed by atoms with Crippen molar-refractivity contribution in [3.05, 3.63) is 0 Å². The van der Waals surface area contributed by atoms with Crippen LogP contribution in [0, 0.1) is 0 Å². The highest BCUT2D eigenvalue weighted by Gasteiger charge is 2.19. The minimum atomic E-state index is -0.162. The molecule has 0 aromatic carbocycles. The van der Waals surface area contributed by atoms with Crippen molar-refractivity contribution < 1.29 is 14.6 Å². The topological polar surface area (TPSA) is 38.7 Å². The van der Waals surface area contributed by atoms with Gasteiger partial charge < -0.3 is 14.6 Å². The number of aliphatic hydroxyl groups is 1. The quantitative estimate of drug-likeness (QED) is 0.778. The molecule has 3 unspecified atom stereocenters. The van der Waals surface area contributed by atoms with Gasteiger partial charge in [-0.15, -0.1) is 0 Å². The van der Waals surface area contributed by atoms with Crippen molar-refractivity contribution in [2.45, 2.75) is 76.1 Å². The van der Waals surface area contributed by atoms with E-state index in [4.69, 9.17) is 9.47 Å². The molecule has 100 valence electrons. The highest BCUT2D eigenvalue weighted by Crippen LogP contribution is 2.21. The normalized spacial score (nSPS) is 31.6. The first kappa shape index (κ1) is 13.3. The molecule has 0 spiro atoms. The third kappa shape index (κ3) is 4.94. The van der Waals surface area contributed by atoms with E-state index >= 15 is 0 Å². The Morgan fingerprint density at radius 3 is 1.94 bits per heavy atom. The van der Waals surface area contributed by atoms with Crippen molar-refractivity contribution in [2.75, 3.05) is 13.2 Å². The van der Waals surface area contributed by atoms with Crippen LogP contribution >= 0.6 is 0 Å². The van der Waals surface area contributed by atoms with E-state index in [1.807, 2.05) is 0 Å². The maximum absolute atomic E-state index is 9.93. The summed E-state index contributed by atoms with van der Waals surface area (Å²) < 4.78 is 11.2. The Bertz CT molecular complexity index is 196. The van der Waals surface area contributed by atoms with Crippen LogP contribution in [0.15, 0.2) is 0 Å². The first-order valence-electron chi connectivity index (χ1n) is 7.26. The van der Waals surface area contributed by atoms with E-state index in [9.17, 15) is 5.11 Å². The fourth-order valence-electron chi connectivity index (χ4n) is 2.81. The molecule has 17 heavy (non-hydrogen) atoms. The summed E-state index contributed by atoms with van der Waals surface area (Å²) in [5.41, 5.74) is 0. The van der Waals surface area contributed by atoms with Crippen molar-refractivity contribution in [3.63, 3.8) is 0 Å². The number of hydrogen-bond acceptors (Lipinski definition) is 3. The molecule has 3 atom stereocenters. The van der Waals surface area contributed by atoms with Crippen LogP contribution in [0.1, 0.15) is 57.8 Å². The van der Waals surface area contributed by atoms with E-state index in [2.05, 4.69) is 0 Å². The summed E-state index contributed by atoms with van der Waals surface area (Å²) >= 11 is 0. The first-order valence-corrected chi connectivity index (χ1v) is 7.26. The van der Waals surface area contributed by atoms with Gasteiger partial charge in [-0.2, -0.15) is 0 Å². The van der Waals surface area contributed by atoms with Crippen molar-refractivity contribution >= 4 is 0 Å². The molecule has 3 heteroatoms. The van der Waals surface area contributed by atoms with Gasteiger partial charge in [-0.3, -0.25) is 0 Å². The molecule has 0 aromatic heterocycles. The largest absolute Gasteiger partial charge is 0.393 e. The first-order chi connectivity index (χ1) is 8.34. The molecule has 0 radical (unpaired) electrons. The molecule has 0 saturated carbocycles. The molecule has 2 heterocycles. The van der Waals surface area contributed by atoms with E-state index in [0.29, 0.717) is 12.2 Å². The summed E-state index contributed by atoms with van der Waals surface area (Å²) in [5, 5.41) is 9.93. The second-order valence-electron chi connectivity index (χ2n) is 5.43. The van der Waals surface area contributed by atoms with Gasteiger partial charge in [0.15, 0.2) is 0 Å². The molecular formula is C14H26O3. The third-order valence-corrected chi connectivity index (χ3v) is 3.94. The van der Waals surface area contributed by atoms with Crippen LogP contribution in [-0.2, 0) is 9.47 Å². The third-order valence-electron chi connectivity index (χ3n) is 3.94. The molecule has 0 bridgehead atoms. The summed E-state index contributed by atoms with van der Waals surface area (Å²) in [6.07, 6.45) is 10.5. The lowest BCUT2D eigenvalue weighted by Gasteiger charge is -2.23. The summed E-state index contributed by atoms with van der Waals surface area (Å²) in [5.74, 6) is 0. The summed E-state index contributed by atoms with van der Waals surface area (Å²) in [7, 11) is 0. The van der Waals surface area contributed by atoms with Crippen LogP contribution in [-0.4, -0.2) is 36.6 Å². The molecule has 2 aliphatic heterocycles. The lowest BCUT2D eigenvalue weighted by atomic mass is 9.99. The van der Waals surface area contributed by atoms with Gasteiger partial charge in [0.25, 0.3) is 0 Å². The van der Waals surface area contributed by atoms with Gasteiger partial charge in [0.05, 0.1) is 18.3 Å². The monoisotopic (exact) mass is 242 g/mol. The number of ether oxygens (including phenoxy) is 2. The predicted octanol–water partition coefficient (Wildman–Crippen LogP) is 2.66. The lowest BCUT2D eigenvalue weighted by molar-refractivity contribution is 0.000322. The Kier molecular flexibility index (Phi) is 5.75. The molecule has 2 aliphatic rings. The van der Waals surface area contributed by atoms with E-state index in [1.165, 1.54) is 32.1 Å². The smallest absolute Gasteiger partial charge is 0.0577 e. The van der Waals surface area contributed by atoms with Gasteiger partial charge in [0.2, 0.25) is 0 Å². The van der Waals surface area contributed by atoms with Crippen LogP contribution in [0.2, 0.25) is 0 Å². The second-order valence-corrected chi connectivity index (χ2v) is 5.43. The molecule has 2 rings (SSSR count). The van der Waals surface area contributed by atoms with Gasteiger partial charge in [-0.25, -0.2) is 0 Å². The van der Waals surface area contributed by atoms with Crippen LogP contribution in [0.5, 0.6) is 0 Å². The van der Waals surface area contributed by atoms with Crippen LogP contribution < -0.4 is 0 Å². The number of aliphatic hydroxyl groups excluding tert-OH is 1. The molecule has 0 aliphatic carbocycles. The minimum absolute atomic E-state index is 0.162. The SMILES string of the molecule is OC(CCC1CCCCO1)CCC1CCCO1. The fraction of sp³-hybridized carbons (Fsp3) is 1.00. The summed E-state index contributed by atoms with van der Waals surface area (Å²) in [6.45, 7) is 1.83. The van der Waals surface area contributed by atoms with Gasteiger partial charge in [-0.05, 0) is 57.8 Å². The Labute approximate surface area is 104 Å². The molecule has 3 nitrogen and oxygen atoms in total. The average molecular weight is 242 g/mol. The Hall–Kier alpha value is -0.120. The standard InChI is InChI=1S/C14H26O3/c15-12(7-9-14-5-3-11-17-14)6-8-13-4-1-2-10-16-13/h12-15H,1-11H2. The minimum Gasteiger partial charge on any atom is -0.393 e. The fourth-order valence-corrected chi connectivity index (χ4v) is 2.81.